The maximum atomic E-state index is 5.46. The van der Waals surface area contributed by atoms with E-state index in [4.69, 9.17) is 5.84 Å². The fourth-order valence-corrected chi connectivity index (χ4v) is 2.13. The molecular weight excluding hydrogens is 250 g/mol. The van der Waals surface area contributed by atoms with Crippen LogP contribution < -0.4 is 16.6 Å². The van der Waals surface area contributed by atoms with Crippen molar-refractivity contribution in [3.05, 3.63) is 46.8 Å². The maximum absolute atomic E-state index is 5.46. The molecule has 0 amide bonds. The monoisotopic (exact) mass is 271 g/mol. The second kappa shape index (κ2) is 6.34. The van der Waals surface area contributed by atoms with Gasteiger partial charge in [-0.3, -0.25) is 0 Å². The van der Waals surface area contributed by atoms with Gasteiger partial charge in [-0.25, -0.2) is 15.8 Å². The zero-order valence-corrected chi connectivity index (χ0v) is 12.2. The zero-order chi connectivity index (χ0) is 14.5. The molecule has 1 aromatic carbocycles. The normalized spacial score (nSPS) is 10.4. The van der Waals surface area contributed by atoms with Gasteiger partial charge < -0.3 is 10.7 Å². The first kappa shape index (κ1) is 14.3. The van der Waals surface area contributed by atoms with Gasteiger partial charge in [-0.2, -0.15) is 0 Å². The Morgan fingerprint density at radius 3 is 2.55 bits per heavy atom. The Morgan fingerprint density at radius 2 is 1.85 bits per heavy atom. The van der Waals surface area contributed by atoms with E-state index < -0.39 is 0 Å². The standard InChI is InChI=1S/C15H21N5/c1-10-5-4-6-13(9-10)7-8-17-14-11(2)15(20-16)19-12(3)18-14/h4-6,9H,7-8,16H2,1-3H3,(H2,17,18,19,20). The van der Waals surface area contributed by atoms with Crippen molar-refractivity contribution in [2.24, 2.45) is 5.84 Å². The molecule has 0 saturated carbocycles. The molecule has 0 unspecified atom stereocenters. The Kier molecular flexibility index (Phi) is 4.53. The van der Waals surface area contributed by atoms with Crippen molar-refractivity contribution in [2.75, 3.05) is 17.3 Å². The zero-order valence-electron chi connectivity index (χ0n) is 12.2. The third-order valence-electron chi connectivity index (χ3n) is 3.18. The van der Waals surface area contributed by atoms with Gasteiger partial charge in [0, 0.05) is 12.1 Å². The van der Waals surface area contributed by atoms with Gasteiger partial charge in [0.25, 0.3) is 0 Å². The molecule has 0 fully saturated rings. The summed E-state index contributed by atoms with van der Waals surface area (Å²) in [6.07, 6.45) is 0.954. The minimum absolute atomic E-state index is 0.663. The van der Waals surface area contributed by atoms with Gasteiger partial charge in [-0.1, -0.05) is 29.8 Å². The number of nitrogens with one attached hydrogen (secondary N) is 2. The van der Waals surface area contributed by atoms with Gasteiger partial charge in [0.2, 0.25) is 0 Å². The molecule has 5 heteroatoms. The number of nitrogens with two attached hydrogens (primary N) is 1. The molecule has 0 bridgehead atoms. The van der Waals surface area contributed by atoms with Gasteiger partial charge in [0.1, 0.15) is 17.5 Å². The van der Waals surface area contributed by atoms with Crippen molar-refractivity contribution in [2.45, 2.75) is 27.2 Å². The second-order valence-corrected chi connectivity index (χ2v) is 4.90. The topological polar surface area (TPSA) is 75.9 Å². The summed E-state index contributed by atoms with van der Waals surface area (Å²) >= 11 is 0. The lowest BCUT2D eigenvalue weighted by Crippen LogP contribution is -2.15. The molecule has 0 saturated heterocycles. The first-order chi connectivity index (χ1) is 9.60. The summed E-state index contributed by atoms with van der Waals surface area (Å²) in [4.78, 5) is 8.65. The molecule has 1 aromatic heterocycles. The van der Waals surface area contributed by atoms with Crippen LogP contribution in [0, 0.1) is 20.8 Å². The first-order valence-electron chi connectivity index (χ1n) is 6.71. The van der Waals surface area contributed by atoms with Crippen molar-refractivity contribution >= 4 is 11.6 Å². The van der Waals surface area contributed by atoms with Crippen LogP contribution in [0.3, 0.4) is 0 Å². The van der Waals surface area contributed by atoms with Gasteiger partial charge in [-0.05, 0) is 32.8 Å². The maximum Gasteiger partial charge on any atom is 0.148 e. The number of nitrogen functional groups attached to an aromatic ring is 1. The lowest BCUT2D eigenvalue weighted by Gasteiger charge is -2.12. The van der Waals surface area contributed by atoms with Crippen LogP contribution >= 0.6 is 0 Å². The Balaban J connectivity index is 2.02. The lowest BCUT2D eigenvalue weighted by atomic mass is 10.1. The minimum atomic E-state index is 0.663. The highest BCUT2D eigenvalue weighted by molar-refractivity contribution is 5.56. The molecule has 5 nitrogen and oxygen atoms in total. The number of hydrazine groups is 1. The van der Waals surface area contributed by atoms with E-state index in [0.29, 0.717) is 11.6 Å². The molecule has 20 heavy (non-hydrogen) atoms. The summed E-state index contributed by atoms with van der Waals surface area (Å²) in [7, 11) is 0. The van der Waals surface area contributed by atoms with E-state index in [0.717, 1.165) is 24.3 Å². The van der Waals surface area contributed by atoms with Crippen LogP contribution in [0.15, 0.2) is 24.3 Å². The molecular formula is C15H21N5. The number of anilines is 2. The Labute approximate surface area is 119 Å². The predicted molar refractivity (Wildman–Crippen MR) is 82.7 cm³/mol. The number of hydrogen-bond donors (Lipinski definition) is 3. The fraction of sp³-hybridized carbons (Fsp3) is 0.333. The van der Waals surface area contributed by atoms with E-state index in [-0.39, 0.29) is 0 Å². The molecule has 0 aliphatic rings. The SMILES string of the molecule is Cc1cccc(CCNc2nc(C)nc(NN)c2C)c1. The van der Waals surface area contributed by atoms with Crippen molar-refractivity contribution in [3.63, 3.8) is 0 Å². The minimum Gasteiger partial charge on any atom is -0.369 e. The molecule has 2 rings (SSSR count). The van der Waals surface area contributed by atoms with E-state index in [1.807, 2.05) is 13.8 Å². The van der Waals surface area contributed by atoms with E-state index in [9.17, 15) is 0 Å². The van der Waals surface area contributed by atoms with Gasteiger partial charge >= 0.3 is 0 Å². The largest absolute Gasteiger partial charge is 0.369 e. The Bertz CT molecular complexity index is 595. The van der Waals surface area contributed by atoms with Crippen LogP contribution in [0.25, 0.3) is 0 Å². The summed E-state index contributed by atoms with van der Waals surface area (Å²) in [5, 5.41) is 3.35. The van der Waals surface area contributed by atoms with Gasteiger partial charge in [-0.15, -0.1) is 0 Å². The smallest absolute Gasteiger partial charge is 0.148 e. The van der Waals surface area contributed by atoms with Gasteiger partial charge in [0.05, 0.1) is 0 Å². The van der Waals surface area contributed by atoms with Crippen LogP contribution in [0.2, 0.25) is 0 Å². The lowest BCUT2D eigenvalue weighted by molar-refractivity contribution is 0.967. The third kappa shape index (κ3) is 3.45. The molecule has 1 heterocycles. The summed E-state index contributed by atoms with van der Waals surface area (Å²) in [6, 6.07) is 8.53. The van der Waals surface area contributed by atoms with Crippen LogP contribution in [0.4, 0.5) is 11.6 Å². The van der Waals surface area contributed by atoms with E-state index in [1.54, 1.807) is 0 Å². The van der Waals surface area contributed by atoms with Crippen molar-refractivity contribution in [3.8, 4) is 0 Å². The highest BCUT2D eigenvalue weighted by atomic mass is 15.3. The first-order valence-corrected chi connectivity index (χ1v) is 6.71. The van der Waals surface area contributed by atoms with Crippen LogP contribution in [-0.2, 0) is 6.42 Å². The average Bonchev–Trinajstić information content (AvgIpc) is 2.42. The molecule has 2 aromatic rings. The number of hydrogen-bond acceptors (Lipinski definition) is 5. The summed E-state index contributed by atoms with van der Waals surface area (Å²) in [5.41, 5.74) is 6.13. The summed E-state index contributed by atoms with van der Waals surface area (Å²) in [5.74, 6) is 7.65. The van der Waals surface area contributed by atoms with E-state index >= 15 is 0 Å². The number of rotatable bonds is 5. The summed E-state index contributed by atoms with van der Waals surface area (Å²) < 4.78 is 0. The second-order valence-electron chi connectivity index (χ2n) is 4.90. The van der Waals surface area contributed by atoms with Crippen LogP contribution in [0.1, 0.15) is 22.5 Å². The molecule has 0 spiro atoms. The summed E-state index contributed by atoms with van der Waals surface area (Å²) in [6.45, 7) is 6.73. The van der Waals surface area contributed by atoms with Crippen LogP contribution in [-0.4, -0.2) is 16.5 Å². The average molecular weight is 271 g/mol. The third-order valence-corrected chi connectivity index (χ3v) is 3.18. The number of nitrogens with zero attached hydrogens (tertiary/aromatic N) is 2. The van der Waals surface area contributed by atoms with E-state index in [2.05, 4.69) is 51.9 Å². The molecule has 0 atom stereocenters. The fourth-order valence-electron chi connectivity index (χ4n) is 2.13. The van der Waals surface area contributed by atoms with Crippen molar-refractivity contribution in [1.29, 1.82) is 0 Å². The van der Waals surface area contributed by atoms with Gasteiger partial charge in [0.15, 0.2) is 0 Å². The highest BCUT2D eigenvalue weighted by Crippen LogP contribution is 2.18. The predicted octanol–water partition coefficient (Wildman–Crippen LogP) is 2.34. The number of benzene rings is 1. The Hall–Kier alpha value is -2.14. The number of aromatic nitrogens is 2. The highest BCUT2D eigenvalue weighted by Gasteiger charge is 2.07. The molecule has 4 N–H and O–H groups in total. The molecule has 0 aliphatic carbocycles. The van der Waals surface area contributed by atoms with E-state index in [1.165, 1.54) is 11.1 Å². The number of aryl methyl sites for hydroxylation is 2. The quantitative estimate of drug-likeness (QED) is 0.575. The van der Waals surface area contributed by atoms with Crippen molar-refractivity contribution in [1.82, 2.24) is 9.97 Å². The van der Waals surface area contributed by atoms with Crippen LogP contribution in [0.5, 0.6) is 0 Å². The molecule has 0 aliphatic heterocycles. The molecule has 0 radical (unpaired) electrons. The Morgan fingerprint density at radius 1 is 1.10 bits per heavy atom. The molecule has 106 valence electrons. The van der Waals surface area contributed by atoms with Crippen molar-refractivity contribution < 1.29 is 0 Å².